The van der Waals surface area contributed by atoms with Gasteiger partial charge in [-0.25, -0.2) is 0 Å². The Kier molecular flexibility index (Phi) is 1.49. The minimum absolute atomic E-state index is 0.751. The zero-order valence-electron chi connectivity index (χ0n) is 8.90. The molecule has 0 amide bonds. The standard InChI is InChI=1S/C13H20/c1-9-6-7-12-11-5-3-4-8-13(11,12)10(9)2/h11-12H,3-8H2,1-2H3/t11?,12?,13-/m1/s1. The lowest BCUT2D eigenvalue weighted by Gasteiger charge is -2.28. The molecule has 2 fully saturated rings. The highest BCUT2D eigenvalue weighted by Gasteiger charge is 2.65. The molecule has 3 atom stereocenters. The highest BCUT2D eigenvalue weighted by molar-refractivity contribution is 5.35. The number of rotatable bonds is 0. The molecular formula is C13H20. The first-order chi connectivity index (χ1) is 6.27. The Labute approximate surface area is 81.4 Å². The summed E-state index contributed by atoms with van der Waals surface area (Å²) in [6, 6.07) is 0. The van der Waals surface area contributed by atoms with Gasteiger partial charge in [-0.2, -0.15) is 0 Å². The Balaban J connectivity index is 2.00. The molecule has 0 aromatic rings. The maximum absolute atomic E-state index is 2.42. The van der Waals surface area contributed by atoms with Gasteiger partial charge in [-0.05, 0) is 56.8 Å². The lowest BCUT2D eigenvalue weighted by molar-refractivity contribution is 0.368. The molecule has 0 heteroatoms. The van der Waals surface area contributed by atoms with Crippen LogP contribution in [0.25, 0.3) is 0 Å². The van der Waals surface area contributed by atoms with Gasteiger partial charge in [-0.15, -0.1) is 0 Å². The molecule has 2 unspecified atom stereocenters. The van der Waals surface area contributed by atoms with Crippen molar-refractivity contribution in [2.75, 3.05) is 0 Å². The molecule has 3 rings (SSSR count). The summed E-state index contributed by atoms with van der Waals surface area (Å²) in [5.74, 6) is 2.22. The molecule has 1 spiro atoms. The van der Waals surface area contributed by atoms with E-state index in [4.69, 9.17) is 0 Å². The first-order valence-electron chi connectivity index (χ1n) is 5.93. The van der Waals surface area contributed by atoms with Crippen LogP contribution in [0.15, 0.2) is 11.1 Å². The van der Waals surface area contributed by atoms with Gasteiger partial charge in [-0.1, -0.05) is 24.0 Å². The monoisotopic (exact) mass is 176 g/mol. The molecule has 3 aliphatic rings. The second-order valence-electron chi connectivity index (χ2n) is 5.44. The average Bonchev–Trinajstić information content (AvgIpc) is 2.82. The van der Waals surface area contributed by atoms with E-state index in [0.29, 0.717) is 0 Å². The van der Waals surface area contributed by atoms with Crippen molar-refractivity contribution >= 4 is 0 Å². The Morgan fingerprint density at radius 3 is 2.69 bits per heavy atom. The molecule has 0 radical (unpaired) electrons. The maximum atomic E-state index is 2.42. The van der Waals surface area contributed by atoms with Crippen molar-refractivity contribution in [1.29, 1.82) is 0 Å². The van der Waals surface area contributed by atoms with Crippen molar-refractivity contribution in [3.05, 3.63) is 11.1 Å². The summed E-state index contributed by atoms with van der Waals surface area (Å²) in [6.07, 6.45) is 8.97. The van der Waals surface area contributed by atoms with Crippen LogP contribution in [0.5, 0.6) is 0 Å². The Morgan fingerprint density at radius 1 is 1.08 bits per heavy atom. The van der Waals surface area contributed by atoms with E-state index in [1.807, 2.05) is 0 Å². The molecule has 2 saturated carbocycles. The quantitative estimate of drug-likeness (QED) is 0.491. The molecular weight excluding hydrogens is 156 g/mol. The molecule has 0 aliphatic heterocycles. The van der Waals surface area contributed by atoms with Crippen LogP contribution >= 0.6 is 0 Å². The van der Waals surface area contributed by atoms with Crippen LogP contribution in [-0.2, 0) is 0 Å². The first kappa shape index (κ1) is 8.08. The Morgan fingerprint density at radius 2 is 1.85 bits per heavy atom. The predicted molar refractivity (Wildman–Crippen MR) is 55.5 cm³/mol. The molecule has 0 heterocycles. The predicted octanol–water partition coefficient (Wildman–Crippen LogP) is 3.92. The minimum Gasteiger partial charge on any atom is -0.0738 e. The van der Waals surface area contributed by atoms with Crippen molar-refractivity contribution in [3.63, 3.8) is 0 Å². The van der Waals surface area contributed by atoms with Crippen molar-refractivity contribution in [3.8, 4) is 0 Å². The molecule has 72 valence electrons. The van der Waals surface area contributed by atoms with E-state index in [9.17, 15) is 0 Å². The van der Waals surface area contributed by atoms with Crippen molar-refractivity contribution in [2.45, 2.75) is 52.4 Å². The van der Waals surface area contributed by atoms with Crippen LogP contribution in [0.2, 0.25) is 0 Å². The lowest BCUT2D eigenvalue weighted by Crippen LogP contribution is -2.15. The van der Waals surface area contributed by atoms with Crippen molar-refractivity contribution < 1.29 is 0 Å². The second-order valence-corrected chi connectivity index (χ2v) is 5.44. The lowest BCUT2D eigenvalue weighted by atomic mass is 9.77. The molecule has 0 N–H and O–H groups in total. The second kappa shape index (κ2) is 2.40. The van der Waals surface area contributed by atoms with Gasteiger partial charge in [0.15, 0.2) is 0 Å². The first-order valence-corrected chi connectivity index (χ1v) is 5.93. The van der Waals surface area contributed by atoms with E-state index in [1.54, 1.807) is 11.1 Å². The van der Waals surface area contributed by atoms with Crippen LogP contribution in [0.3, 0.4) is 0 Å². The summed E-state index contributed by atoms with van der Waals surface area (Å²) in [6.45, 7) is 4.79. The van der Waals surface area contributed by atoms with E-state index in [1.165, 1.54) is 38.5 Å². The summed E-state index contributed by atoms with van der Waals surface area (Å²) in [7, 11) is 0. The largest absolute Gasteiger partial charge is 0.0738 e. The third-order valence-corrected chi connectivity index (χ3v) is 5.22. The van der Waals surface area contributed by atoms with Crippen LogP contribution < -0.4 is 0 Å². The normalized spacial score (nSPS) is 48.5. The summed E-state index contributed by atoms with van der Waals surface area (Å²) >= 11 is 0. The molecule has 13 heavy (non-hydrogen) atoms. The van der Waals surface area contributed by atoms with E-state index in [0.717, 1.165) is 17.3 Å². The summed E-state index contributed by atoms with van der Waals surface area (Å²) < 4.78 is 0. The van der Waals surface area contributed by atoms with Gasteiger partial charge in [0.2, 0.25) is 0 Å². The number of hydrogen-bond acceptors (Lipinski definition) is 0. The smallest absolute Gasteiger partial charge is 0.00258 e. The van der Waals surface area contributed by atoms with Crippen molar-refractivity contribution in [2.24, 2.45) is 17.3 Å². The van der Waals surface area contributed by atoms with Crippen LogP contribution in [0.1, 0.15) is 52.4 Å². The Hall–Kier alpha value is -0.260. The maximum Gasteiger partial charge on any atom is -0.00258 e. The third-order valence-electron chi connectivity index (χ3n) is 5.22. The van der Waals surface area contributed by atoms with E-state index >= 15 is 0 Å². The highest BCUT2D eigenvalue weighted by atomic mass is 14.7. The minimum atomic E-state index is 0.751. The molecule has 3 aliphatic carbocycles. The summed E-state index contributed by atoms with van der Waals surface area (Å²) in [5.41, 5.74) is 4.27. The van der Waals surface area contributed by atoms with Crippen LogP contribution in [0, 0.1) is 17.3 Å². The fourth-order valence-corrected chi connectivity index (χ4v) is 4.38. The van der Waals surface area contributed by atoms with Crippen LogP contribution in [0.4, 0.5) is 0 Å². The number of hydrogen-bond donors (Lipinski definition) is 0. The molecule has 0 aromatic carbocycles. The zero-order valence-corrected chi connectivity index (χ0v) is 8.90. The van der Waals surface area contributed by atoms with E-state index < -0.39 is 0 Å². The SMILES string of the molecule is CC1=C(C)[C@]23CCCCC2C3CC1. The fraction of sp³-hybridized carbons (Fsp3) is 0.846. The van der Waals surface area contributed by atoms with Gasteiger partial charge in [0.05, 0.1) is 0 Å². The van der Waals surface area contributed by atoms with E-state index in [-0.39, 0.29) is 0 Å². The molecule has 0 bridgehead atoms. The Bertz CT molecular complexity index is 268. The summed E-state index contributed by atoms with van der Waals surface area (Å²) in [4.78, 5) is 0. The highest BCUT2D eigenvalue weighted by Crippen LogP contribution is 2.73. The van der Waals surface area contributed by atoms with Gasteiger partial charge in [-0.3, -0.25) is 0 Å². The van der Waals surface area contributed by atoms with Gasteiger partial charge in [0, 0.05) is 0 Å². The summed E-state index contributed by atoms with van der Waals surface area (Å²) in [5, 5.41) is 0. The molecule has 0 saturated heterocycles. The third kappa shape index (κ3) is 0.825. The van der Waals surface area contributed by atoms with Crippen LogP contribution in [-0.4, -0.2) is 0 Å². The van der Waals surface area contributed by atoms with Crippen molar-refractivity contribution in [1.82, 2.24) is 0 Å². The van der Waals surface area contributed by atoms with Gasteiger partial charge < -0.3 is 0 Å². The van der Waals surface area contributed by atoms with Gasteiger partial charge >= 0.3 is 0 Å². The zero-order chi connectivity index (χ0) is 9.05. The average molecular weight is 176 g/mol. The molecule has 0 aromatic heterocycles. The number of allylic oxidation sites excluding steroid dienone is 2. The van der Waals surface area contributed by atoms with Gasteiger partial charge in [0.25, 0.3) is 0 Å². The van der Waals surface area contributed by atoms with E-state index in [2.05, 4.69) is 13.8 Å². The molecule has 0 nitrogen and oxygen atoms in total. The van der Waals surface area contributed by atoms with Gasteiger partial charge in [0.1, 0.15) is 0 Å². The fourth-order valence-electron chi connectivity index (χ4n) is 4.38. The topological polar surface area (TPSA) is 0 Å². The number of fused-ring (bicyclic) bond motifs is 1.